The molecule has 0 aliphatic carbocycles. The highest BCUT2D eigenvalue weighted by Gasteiger charge is 2.43. The van der Waals surface area contributed by atoms with Gasteiger partial charge in [0.2, 0.25) is 5.67 Å². The van der Waals surface area contributed by atoms with Crippen molar-refractivity contribution in [1.82, 2.24) is 19.5 Å². The Labute approximate surface area is 196 Å². The SMILES string of the molecule is O[C@@H]1C[C@H](c2ccccc2OC(F)F)n2c1nc1cc(F)c(-c3cnc(C4(F)COC4)nc3)cc12. The second-order valence-corrected chi connectivity index (χ2v) is 8.60. The largest absolute Gasteiger partial charge is 0.434 e. The lowest BCUT2D eigenvalue weighted by molar-refractivity contribution is -0.140. The lowest BCUT2D eigenvalue weighted by atomic mass is 10.0. The number of alkyl halides is 3. The Morgan fingerprint density at radius 3 is 2.57 bits per heavy atom. The monoisotopic (exact) mass is 486 g/mol. The van der Waals surface area contributed by atoms with E-state index in [-0.39, 0.29) is 36.8 Å². The molecule has 0 saturated carbocycles. The quantitative estimate of drug-likeness (QED) is 0.420. The summed E-state index contributed by atoms with van der Waals surface area (Å²) >= 11 is 0. The number of aromatic nitrogens is 4. The highest BCUT2D eigenvalue weighted by Crippen LogP contribution is 2.44. The zero-order chi connectivity index (χ0) is 24.3. The van der Waals surface area contributed by atoms with Crippen LogP contribution in [0, 0.1) is 5.82 Å². The van der Waals surface area contributed by atoms with Crippen LogP contribution in [0.15, 0.2) is 48.8 Å². The molecule has 7 nitrogen and oxygen atoms in total. The van der Waals surface area contributed by atoms with Crippen LogP contribution in [0.5, 0.6) is 5.75 Å². The predicted molar refractivity (Wildman–Crippen MR) is 115 cm³/mol. The molecule has 0 spiro atoms. The second-order valence-electron chi connectivity index (χ2n) is 8.60. The fourth-order valence-electron chi connectivity index (χ4n) is 4.67. The third kappa shape index (κ3) is 3.53. The summed E-state index contributed by atoms with van der Waals surface area (Å²) in [7, 11) is 0. The zero-order valence-corrected chi connectivity index (χ0v) is 18.0. The Morgan fingerprint density at radius 2 is 1.89 bits per heavy atom. The van der Waals surface area contributed by atoms with Crippen molar-refractivity contribution in [2.75, 3.05) is 13.2 Å². The number of ether oxygens (including phenoxy) is 2. The molecule has 0 unspecified atom stereocenters. The predicted octanol–water partition coefficient (Wildman–Crippen LogP) is 4.46. The first-order chi connectivity index (χ1) is 16.8. The van der Waals surface area contributed by atoms with Gasteiger partial charge in [-0.1, -0.05) is 18.2 Å². The van der Waals surface area contributed by atoms with E-state index in [1.54, 1.807) is 28.8 Å². The minimum atomic E-state index is -3.01. The van der Waals surface area contributed by atoms with E-state index in [4.69, 9.17) is 9.47 Å². The van der Waals surface area contributed by atoms with Crippen molar-refractivity contribution < 1.29 is 32.1 Å². The average Bonchev–Trinajstić information content (AvgIpc) is 3.34. The molecule has 1 N–H and O–H groups in total. The molecule has 2 aliphatic heterocycles. The third-order valence-electron chi connectivity index (χ3n) is 6.38. The molecule has 1 saturated heterocycles. The topological polar surface area (TPSA) is 82.3 Å². The molecule has 6 rings (SSSR count). The van der Waals surface area contributed by atoms with Gasteiger partial charge < -0.3 is 19.1 Å². The van der Waals surface area contributed by atoms with Crippen LogP contribution in [-0.2, 0) is 10.4 Å². The minimum Gasteiger partial charge on any atom is -0.434 e. The highest BCUT2D eigenvalue weighted by atomic mass is 19.3. The number of halogens is 4. The van der Waals surface area contributed by atoms with E-state index in [1.807, 2.05) is 0 Å². The van der Waals surface area contributed by atoms with E-state index in [0.29, 0.717) is 28.0 Å². The summed E-state index contributed by atoms with van der Waals surface area (Å²) in [4.78, 5) is 12.5. The van der Waals surface area contributed by atoms with Crippen LogP contribution in [0.2, 0.25) is 0 Å². The summed E-state index contributed by atoms with van der Waals surface area (Å²) < 4.78 is 66.8. The van der Waals surface area contributed by atoms with Gasteiger partial charge in [0, 0.05) is 41.6 Å². The molecule has 4 heterocycles. The number of para-hydroxylation sites is 1. The van der Waals surface area contributed by atoms with E-state index in [1.165, 1.54) is 24.5 Å². The van der Waals surface area contributed by atoms with Crippen LogP contribution in [0.4, 0.5) is 17.6 Å². The van der Waals surface area contributed by atoms with Gasteiger partial charge in [-0.25, -0.2) is 23.7 Å². The Balaban J connectivity index is 1.45. The number of aliphatic hydroxyl groups excluding tert-OH is 1. The van der Waals surface area contributed by atoms with Gasteiger partial charge in [-0.2, -0.15) is 8.78 Å². The molecule has 35 heavy (non-hydrogen) atoms. The van der Waals surface area contributed by atoms with Gasteiger partial charge in [-0.15, -0.1) is 0 Å². The number of aliphatic hydroxyl groups is 1. The first-order valence-electron chi connectivity index (χ1n) is 10.9. The summed E-state index contributed by atoms with van der Waals surface area (Å²) in [6, 6.07) is 8.54. The molecule has 11 heteroatoms. The van der Waals surface area contributed by atoms with Crippen LogP contribution >= 0.6 is 0 Å². The number of hydrogen-bond acceptors (Lipinski definition) is 6. The number of imidazole rings is 1. The maximum Gasteiger partial charge on any atom is 0.387 e. The first kappa shape index (κ1) is 21.9. The molecular formula is C24H18F4N4O3. The van der Waals surface area contributed by atoms with Crippen molar-refractivity contribution in [3.05, 3.63) is 71.8 Å². The van der Waals surface area contributed by atoms with Crippen LogP contribution in [0.3, 0.4) is 0 Å². The maximum atomic E-state index is 15.0. The lowest BCUT2D eigenvalue weighted by Crippen LogP contribution is -2.43. The van der Waals surface area contributed by atoms with E-state index in [2.05, 4.69) is 15.0 Å². The summed E-state index contributed by atoms with van der Waals surface area (Å²) in [5.74, 6) is -0.344. The van der Waals surface area contributed by atoms with Crippen LogP contribution in [0.25, 0.3) is 22.2 Å². The number of rotatable bonds is 5. The zero-order valence-electron chi connectivity index (χ0n) is 18.0. The number of fused-ring (bicyclic) bond motifs is 3. The maximum absolute atomic E-state index is 15.0. The minimum absolute atomic E-state index is 0.0131. The van der Waals surface area contributed by atoms with Crippen molar-refractivity contribution in [2.24, 2.45) is 0 Å². The van der Waals surface area contributed by atoms with Gasteiger partial charge in [-0.3, -0.25) is 0 Å². The molecule has 2 aromatic heterocycles. The Kier molecular flexibility index (Phi) is 5.01. The molecule has 2 aliphatic rings. The summed E-state index contributed by atoms with van der Waals surface area (Å²) in [5.41, 5.74) is -0.0396. The van der Waals surface area contributed by atoms with E-state index >= 15 is 4.39 Å². The molecule has 0 bridgehead atoms. The standard InChI is InChI=1S/C24H18F4N4O3/c25-15-6-16-18(5-14(15)12-8-29-22(30-9-12)24(28)10-34-11-24)32-17(7-19(33)21(32)31-16)13-3-1-2-4-20(13)35-23(26)27/h1-6,8-9,17,19,23,33H,7,10-11H2/t17-,19-/m1/s1. The fraction of sp³-hybridized carbons (Fsp3) is 0.292. The Morgan fingerprint density at radius 1 is 1.14 bits per heavy atom. The van der Waals surface area contributed by atoms with Crippen molar-refractivity contribution in [1.29, 1.82) is 0 Å². The van der Waals surface area contributed by atoms with Gasteiger partial charge in [0.1, 0.15) is 23.5 Å². The molecule has 4 aromatic rings. The van der Waals surface area contributed by atoms with E-state index in [9.17, 15) is 18.3 Å². The van der Waals surface area contributed by atoms with Gasteiger partial charge in [0.15, 0.2) is 5.82 Å². The summed E-state index contributed by atoms with van der Waals surface area (Å²) in [6.45, 7) is -3.27. The average molecular weight is 486 g/mol. The summed E-state index contributed by atoms with van der Waals surface area (Å²) in [6.07, 6.45) is 1.89. The van der Waals surface area contributed by atoms with Crippen molar-refractivity contribution in [3.8, 4) is 16.9 Å². The normalized spacial score (nSPS) is 20.7. The van der Waals surface area contributed by atoms with E-state index in [0.717, 1.165) is 0 Å². The Bertz CT molecular complexity index is 1420. The molecular weight excluding hydrogens is 468 g/mol. The third-order valence-corrected chi connectivity index (χ3v) is 6.38. The molecule has 1 fully saturated rings. The smallest absolute Gasteiger partial charge is 0.387 e. The number of benzene rings is 2. The molecule has 0 radical (unpaired) electrons. The van der Waals surface area contributed by atoms with Crippen LogP contribution in [-0.4, -0.2) is 44.5 Å². The van der Waals surface area contributed by atoms with E-state index < -0.39 is 30.2 Å². The molecule has 2 atom stereocenters. The second kappa shape index (κ2) is 7.99. The number of hydrogen-bond donors (Lipinski definition) is 1. The molecule has 2 aromatic carbocycles. The Hall–Kier alpha value is -3.57. The number of nitrogens with zero attached hydrogens (tertiary/aromatic N) is 4. The molecule has 0 amide bonds. The van der Waals surface area contributed by atoms with Gasteiger partial charge in [0.25, 0.3) is 0 Å². The van der Waals surface area contributed by atoms with Gasteiger partial charge in [0.05, 0.1) is 30.3 Å². The lowest BCUT2D eigenvalue weighted by Gasteiger charge is -2.31. The molecule has 180 valence electrons. The van der Waals surface area contributed by atoms with Gasteiger partial charge >= 0.3 is 6.61 Å². The fourth-order valence-corrected chi connectivity index (χ4v) is 4.67. The van der Waals surface area contributed by atoms with Gasteiger partial charge in [-0.05, 0) is 12.1 Å². The van der Waals surface area contributed by atoms with Crippen molar-refractivity contribution in [2.45, 2.75) is 30.8 Å². The highest BCUT2D eigenvalue weighted by molar-refractivity contribution is 5.83. The van der Waals surface area contributed by atoms with Crippen molar-refractivity contribution >= 4 is 11.0 Å². The summed E-state index contributed by atoms with van der Waals surface area (Å²) in [5, 5.41) is 10.6. The van der Waals surface area contributed by atoms with Crippen molar-refractivity contribution in [3.63, 3.8) is 0 Å². The van der Waals surface area contributed by atoms with Crippen LogP contribution < -0.4 is 4.74 Å². The first-order valence-corrected chi connectivity index (χ1v) is 10.9. The van der Waals surface area contributed by atoms with Crippen LogP contribution in [0.1, 0.15) is 35.8 Å².